The van der Waals surface area contributed by atoms with Crippen LogP contribution in [0, 0.1) is 0 Å². The van der Waals surface area contributed by atoms with Gasteiger partial charge in [-0.15, -0.1) is 0 Å². The zero-order valence-electron chi connectivity index (χ0n) is 11.4. The van der Waals surface area contributed by atoms with Crippen LogP contribution in [0.25, 0.3) is 0 Å². The lowest BCUT2D eigenvalue weighted by molar-refractivity contribution is -0.287. The zero-order valence-corrected chi connectivity index (χ0v) is 11.4. The predicted molar refractivity (Wildman–Crippen MR) is 75.0 cm³/mol. The number of benzene rings is 2. The van der Waals surface area contributed by atoms with E-state index in [2.05, 4.69) is 5.32 Å². The zero-order chi connectivity index (χ0) is 16.2. The van der Waals surface area contributed by atoms with E-state index in [0.717, 1.165) is 0 Å². The van der Waals surface area contributed by atoms with E-state index in [1.54, 1.807) is 36.4 Å². The molecule has 2 rings (SSSR count). The number of para-hydroxylation sites is 1. The maximum atomic E-state index is 13.8. The van der Waals surface area contributed by atoms with E-state index in [4.69, 9.17) is 0 Å². The van der Waals surface area contributed by atoms with Crippen molar-refractivity contribution in [1.29, 1.82) is 0 Å². The third-order valence-corrected chi connectivity index (χ3v) is 3.21. The van der Waals surface area contributed by atoms with Gasteiger partial charge in [-0.1, -0.05) is 48.5 Å². The molecule has 1 unspecified atom stereocenters. The van der Waals surface area contributed by atoms with Crippen LogP contribution in [-0.2, 0) is 6.42 Å². The minimum absolute atomic E-state index is 0.215. The highest BCUT2D eigenvalue weighted by atomic mass is 19.4. The smallest absolute Gasteiger partial charge is 0.376 e. The molecule has 22 heavy (non-hydrogen) atoms. The maximum absolute atomic E-state index is 13.8. The first kappa shape index (κ1) is 16.3. The average molecular weight is 315 g/mol. The summed E-state index contributed by atoms with van der Waals surface area (Å²) >= 11 is 0. The van der Waals surface area contributed by atoms with Crippen molar-refractivity contribution in [3.8, 4) is 0 Å². The van der Waals surface area contributed by atoms with Gasteiger partial charge in [0.2, 0.25) is 0 Å². The first-order chi connectivity index (χ1) is 10.3. The third-order valence-electron chi connectivity index (χ3n) is 3.21. The van der Waals surface area contributed by atoms with Gasteiger partial charge in [0.15, 0.2) is 0 Å². The van der Waals surface area contributed by atoms with Crippen molar-refractivity contribution >= 4 is 5.69 Å². The van der Waals surface area contributed by atoms with E-state index in [-0.39, 0.29) is 5.69 Å². The fraction of sp³-hybridized carbons (Fsp3) is 0.250. The van der Waals surface area contributed by atoms with Gasteiger partial charge >= 0.3 is 12.1 Å². The molecule has 0 fully saturated rings. The maximum Gasteiger partial charge on any atom is 0.455 e. The first-order valence-electron chi connectivity index (χ1n) is 6.61. The van der Waals surface area contributed by atoms with Crippen molar-refractivity contribution in [3.63, 3.8) is 0 Å². The summed E-state index contributed by atoms with van der Waals surface area (Å²) in [5.41, 5.74) is 0.618. The number of hydrogen-bond donors (Lipinski definition) is 1. The number of alkyl halides is 5. The van der Waals surface area contributed by atoms with Crippen LogP contribution in [0.15, 0.2) is 60.7 Å². The SMILES string of the molecule is FC(F)(F)C(F)(F)C(Cc1ccccc1)Nc1ccccc1. The topological polar surface area (TPSA) is 12.0 Å². The lowest BCUT2D eigenvalue weighted by atomic mass is 9.99. The molecule has 118 valence electrons. The summed E-state index contributed by atoms with van der Waals surface area (Å²) < 4.78 is 65.7. The molecule has 0 amide bonds. The van der Waals surface area contributed by atoms with Gasteiger partial charge in [0.05, 0.1) is 0 Å². The van der Waals surface area contributed by atoms with Gasteiger partial charge in [0.25, 0.3) is 0 Å². The fourth-order valence-electron chi connectivity index (χ4n) is 2.05. The van der Waals surface area contributed by atoms with Gasteiger partial charge in [-0.2, -0.15) is 22.0 Å². The van der Waals surface area contributed by atoms with E-state index >= 15 is 0 Å². The van der Waals surface area contributed by atoms with Crippen molar-refractivity contribution in [1.82, 2.24) is 0 Å². The van der Waals surface area contributed by atoms with E-state index in [1.807, 2.05) is 0 Å². The largest absolute Gasteiger partial charge is 0.455 e. The molecule has 2 aromatic rings. The lowest BCUT2D eigenvalue weighted by Crippen LogP contribution is -2.51. The Labute approximate surface area is 124 Å². The van der Waals surface area contributed by atoms with Crippen LogP contribution in [0.4, 0.5) is 27.6 Å². The highest BCUT2D eigenvalue weighted by molar-refractivity contribution is 5.44. The number of anilines is 1. The third kappa shape index (κ3) is 3.75. The number of halogens is 5. The van der Waals surface area contributed by atoms with Crippen LogP contribution in [0.5, 0.6) is 0 Å². The summed E-state index contributed by atoms with van der Waals surface area (Å²) in [5.74, 6) is -4.85. The fourth-order valence-corrected chi connectivity index (χ4v) is 2.05. The molecule has 0 bridgehead atoms. The molecule has 1 N–H and O–H groups in total. The van der Waals surface area contributed by atoms with Crippen molar-refractivity contribution < 1.29 is 22.0 Å². The Kier molecular flexibility index (Phi) is 4.68. The summed E-state index contributed by atoms with van der Waals surface area (Å²) in [4.78, 5) is 0. The molecular weight excluding hydrogens is 301 g/mol. The average Bonchev–Trinajstić information content (AvgIpc) is 2.47. The van der Waals surface area contributed by atoms with Crippen LogP contribution >= 0.6 is 0 Å². The van der Waals surface area contributed by atoms with Gasteiger partial charge in [-0.3, -0.25) is 0 Å². The Morgan fingerprint density at radius 1 is 0.773 bits per heavy atom. The highest BCUT2D eigenvalue weighted by Gasteiger charge is 2.62. The Bertz CT molecular complexity index is 539. The molecule has 1 atom stereocenters. The van der Waals surface area contributed by atoms with E-state index < -0.39 is 24.6 Å². The standard InChI is InChI=1S/C16H14F5N/c17-15(18,16(19,20)21)14(11-12-7-3-1-4-8-12)22-13-9-5-2-6-10-13/h1-10,14,22H,11H2. The van der Waals surface area contributed by atoms with Crippen molar-refractivity contribution in [2.24, 2.45) is 0 Å². The van der Waals surface area contributed by atoms with E-state index in [9.17, 15) is 22.0 Å². The minimum atomic E-state index is -5.62. The first-order valence-corrected chi connectivity index (χ1v) is 6.61. The van der Waals surface area contributed by atoms with Gasteiger partial charge in [-0.25, -0.2) is 0 Å². The van der Waals surface area contributed by atoms with Gasteiger partial charge in [-0.05, 0) is 24.1 Å². The van der Waals surface area contributed by atoms with E-state index in [0.29, 0.717) is 5.56 Å². The van der Waals surface area contributed by atoms with Crippen LogP contribution in [-0.4, -0.2) is 18.1 Å². The molecule has 0 saturated carbocycles. The summed E-state index contributed by atoms with van der Waals surface area (Å²) in [6, 6.07) is 13.5. The summed E-state index contributed by atoms with van der Waals surface area (Å²) in [6.07, 6.45) is -6.06. The summed E-state index contributed by atoms with van der Waals surface area (Å²) in [6.45, 7) is 0. The molecule has 0 aromatic heterocycles. The molecule has 0 aliphatic rings. The van der Waals surface area contributed by atoms with Crippen LogP contribution in [0.3, 0.4) is 0 Å². The molecule has 0 saturated heterocycles. The molecule has 1 nitrogen and oxygen atoms in total. The number of rotatable bonds is 5. The monoisotopic (exact) mass is 315 g/mol. The Morgan fingerprint density at radius 3 is 1.77 bits per heavy atom. The molecule has 0 radical (unpaired) electrons. The quantitative estimate of drug-likeness (QED) is 0.773. The van der Waals surface area contributed by atoms with Crippen LogP contribution < -0.4 is 5.32 Å². The normalized spacial score (nSPS) is 13.7. The second-order valence-corrected chi connectivity index (χ2v) is 4.87. The van der Waals surface area contributed by atoms with Gasteiger partial charge < -0.3 is 5.32 Å². The molecule has 0 heterocycles. The number of nitrogens with one attached hydrogen (secondary N) is 1. The Balaban J connectivity index is 2.28. The van der Waals surface area contributed by atoms with Crippen molar-refractivity contribution in [2.45, 2.75) is 24.6 Å². The van der Waals surface area contributed by atoms with Crippen molar-refractivity contribution in [3.05, 3.63) is 66.2 Å². The molecule has 0 aliphatic carbocycles. The van der Waals surface area contributed by atoms with Gasteiger partial charge in [0.1, 0.15) is 6.04 Å². The summed E-state index contributed by atoms with van der Waals surface area (Å²) in [5, 5.41) is 2.30. The molecule has 0 spiro atoms. The lowest BCUT2D eigenvalue weighted by Gasteiger charge is -2.30. The summed E-state index contributed by atoms with van der Waals surface area (Å²) in [7, 11) is 0. The number of hydrogen-bond acceptors (Lipinski definition) is 1. The van der Waals surface area contributed by atoms with E-state index in [1.165, 1.54) is 24.3 Å². The molecule has 2 aromatic carbocycles. The van der Waals surface area contributed by atoms with Crippen molar-refractivity contribution in [2.75, 3.05) is 5.32 Å². The second kappa shape index (κ2) is 6.34. The molecule has 6 heteroatoms. The highest BCUT2D eigenvalue weighted by Crippen LogP contribution is 2.40. The molecule has 0 aliphatic heterocycles. The van der Waals surface area contributed by atoms with Crippen LogP contribution in [0.1, 0.15) is 5.56 Å². The van der Waals surface area contributed by atoms with Gasteiger partial charge in [0, 0.05) is 5.69 Å². The molecular formula is C16H14F5N. The Hall–Kier alpha value is -2.11. The minimum Gasteiger partial charge on any atom is -0.376 e. The predicted octanol–water partition coefficient (Wildman–Crippen LogP) is 4.91. The second-order valence-electron chi connectivity index (χ2n) is 4.87. The Morgan fingerprint density at radius 2 is 1.27 bits per heavy atom. The van der Waals surface area contributed by atoms with Crippen LogP contribution in [0.2, 0.25) is 0 Å².